The van der Waals surface area contributed by atoms with E-state index < -0.39 is 8.07 Å². The third-order valence-electron chi connectivity index (χ3n) is 4.52. The van der Waals surface area contributed by atoms with Crippen molar-refractivity contribution in [3.05, 3.63) is 42.0 Å². The molecule has 0 spiro atoms. The molecule has 1 aromatic rings. The van der Waals surface area contributed by atoms with Crippen LogP contribution in [-0.2, 0) is 9.53 Å². The maximum atomic E-state index is 12.1. The molecule has 0 amide bonds. The molecule has 1 aromatic carbocycles. The number of methoxy groups -OCH3 is 1. The Hall–Kier alpha value is -1.39. The monoisotopic (exact) mass is 290 g/mol. The summed E-state index contributed by atoms with van der Waals surface area (Å²) in [6.07, 6.45) is 2.87. The smallest absolute Gasteiger partial charge is 0.312 e. The molecule has 0 aromatic heterocycles. The van der Waals surface area contributed by atoms with Gasteiger partial charge in [0.2, 0.25) is 0 Å². The summed E-state index contributed by atoms with van der Waals surface area (Å²) < 4.78 is 4.96. The SMILES string of the molecule is COC(=O)[C@H]1C(CO)=CC[C@@H]1[Si](C)(C)c1ccccc1. The minimum atomic E-state index is -1.81. The van der Waals surface area contributed by atoms with Crippen molar-refractivity contribution in [3.8, 4) is 0 Å². The lowest BCUT2D eigenvalue weighted by Crippen LogP contribution is -2.49. The molecule has 0 heterocycles. The number of esters is 1. The first-order valence-corrected chi connectivity index (χ1v) is 10.0. The minimum Gasteiger partial charge on any atom is -0.469 e. The van der Waals surface area contributed by atoms with Crippen LogP contribution in [0.15, 0.2) is 42.0 Å². The van der Waals surface area contributed by atoms with Crippen molar-refractivity contribution in [2.45, 2.75) is 25.1 Å². The van der Waals surface area contributed by atoms with Gasteiger partial charge in [-0.2, -0.15) is 0 Å². The average molecular weight is 290 g/mol. The second-order valence-corrected chi connectivity index (χ2v) is 10.6. The van der Waals surface area contributed by atoms with E-state index in [9.17, 15) is 9.90 Å². The largest absolute Gasteiger partial charge is 0.469 e. The van der Waals surface area contributed by atoms with Gasteiger partial charge in [-0.05, 0) is 17.5 Å². The molecule has 1 N–H and O–H groups in total. The van der Waals surface area contributed by atoms with Crippen LogP contribution < -0.4 is 5.19 Å². The fraction of sp³-hybridized carbons (Fsp3) is 0.438. The second kappa shape index (κ2) is 5.93. The standard InChI is InChI=1S/C16H22O3Si/c1-19-16(18)15-12(11-17)9-10-14(15)20(2,3)13-7-5-4-6-8-13/h4-9,14-15,17H,10-11H2,1-3H3/t14-,15-/m0/s1. The molecule has 0 unspecified atom stereocenters. The highest BCUT2D eigenvalue weighted by Crippen LogP contribution is 2.43. The molecule has 4 heteroatoms. The van der Waals surface area contributed by atoms with E-state index in [4.69, 9.17) is 4.74 Å². The van der Waals surface area contributed by atoms with Gasteiger partial charge in [0.05, 0.1) is 27.7 Å². The Balaban J connectivity index is 2.34. The molecule has 0 saturated heterocycles. The summed E-state index contributed by atoms with van der Waals surface area (Å²) in [6, 6.07) is 10.4. The van der Waals surface area contributed by atoms with Crippen LogP contribution in [0.5, 0.6) is 0 Å². The summed E-state index contributed by atoms with van der Waals surface area (Å²) in [6.45, 7) is 4.52. The van der Waals surface area contributed by atoms with Crippen molar-refractivity contribution in [1.82, 2.24) is 0 Å². The summed E-state index contributed by atoms with van der Waals surface area (Å²) in [7, 11) is -0.390. The number of carbonyl (C=O) groups excluding carboxylic acids is 1. The van der Waals surface area contributed by atoms with Gasteiger partial charge in [0, 0.05) is 0 Å². The molecule has 108 valence electrons. The van der Waals surface area contributed by atoms with Gasteiger partial charge in [-0.1, -0.05) is 54.7 Å². The van der Waals surface area contributed by atoms with E-state index in [1.807, 2.05) is 24.3 Å². The van der Waals surface area contributed by atoms with Gasteiger partial charge in [-0.25, -0.2) is 0 Å². The molecule has 0 radical (unpaired) electrons. The first-order valence-electron chi connectivity index (χ1n) is 6.95. The molecular formula is C16H22O3Si. The lowest BCUT2D eigenvalue weighted by molar-refractivity contribution is -0.144. The maximum Gasteiger partial charge on any atom is 0.312 e. The van der Waals surface area contributed by atoms with Crippen LogP contribution in [0.2, 0.25) is 18.6 Å². The first-order chi connectivity index (χ1) is 9.52. The Morgan fingerprint density at radius 1 is 1.35 bits per heavy atom. The number of carbonyl (C=O) groups is 1. The summed E-state index contributed by atoms with van der Waals surface area (Å²) in [4.78, 5) is 12.1. The average Bonchev–Trinajstić information content (AvgIpc) is 2.92. The number of hydrogen-bond acceptors (Lipinski definition) is 3. The van der Waals surface area contributed by atoms with Gasteiger partial charge < -0.3 is 9.84 Å². The molecule has 2 rings (SSSR count). The fourth-order valence-electron chi connectivity index (χ4n) is 3.20. The Morgan fingerprint density at radius 2 is 2.00 bits per heavy atom. The topological polar surface area (TPSA) is 46.5 Å². The summed E-state index contributed by atoms with van der Waals surface area (Å²) in [5, 5.41) is 10.8. The molecule has 0 fully saturated rings. The fourth-order valence-corrected chi connectivity index (χ4v) is 6.57. The second-order valence-electron chi connectivity index (χ2n) is 5.87. The van der Waals surface area contributed by atoms with Gasteiger partial charge in [0.25, 0.3) is 0 Å². The number of aliphatic hydroxyl groups is 1. The predicted octanol–water partition coefficient (Wildman–Crippen LogP) is 2.08. The van der Waals surface area contributed by atoms with E-state index in [0.29, 0.717) is 0 Å². The summed E-state index contributed by atoms with van der Waals surface area (Å²) >= 11 is 0. The van der Waals surface area contributed by atoms with Gasteiger partial charge in [-0.3, -0.25) is 4.79 Å². The van der Waals surface area contributed by atoms with E-state index in [0.717, 1.165) is 12.0 Å². The van der Waals surface area contributed by atoms with E-state index >= 15 is 0 Å². The molecule has 0 bridgehead atoms. The van der Waals surface area contributed by atoms with Crippen LogP contribution >= 0.6 is 0 Å². The van der Waals surface area contributed by atoms with E-state index in [-0.39, 0.29) is 24.0 Å². The lowest BCUT2D eigenvalue weighted by atomic mass is 10.0. The Bertz CT molecular complexity index is 508. The molecule has 2 atom stereocenters. The lowest BCUT2D eigenvalue weighted by Gasteiger charge is -2.34. The minimum absolute atomic E-state index is 0.0600. The highest BCUT2D eigenvalue weighted by Gasteiger charge is 2.46. The van der Waals surface area contributed by atoms with Crippen LogP contribution in [-0.4, -0.2) is 32.9 Å². The number of rotatable bonds is 4. The quantitative estimate of drug-likeness (QED) is 0.525. The number of allylic oxidation sites excluding steroid dienone is 1. The number of hydrogen-bond donors (Lipinski definition) is 1. The third-order valence-corrected chi connectivity index (χ3v) is 8.76. The van der Waals surface area contributed by atoms with E-state index in [1.54, 1.807) is 0 Å². The van der Waals surface area contributed by atoms with Crippen LogP contribution in [0.1, 0.15) is 6.42 Å². The number of aliphatic hydroxyl groups excluding tert-OH is 1. The van der Waals surface area contributed by atoms with E-state index in [2.05, 4.69) is 25.2 Å². The highest BCUT2D eigenvalue weighted by atomic mass is 28.3. The van der Waals surface area contributed by atoms with Crippen molar-refractivity contribution in [2.75, 3.05) is 13.7 Å². The Labute approximate surface area is 121 Å². The van der Waals surface area contributed by atoms with Crippen molar-refractivity contribution in [2.24, 2.45) is 5.92 Å². The van der Waals surface area contributed by atoms with Crippen LogP contribution in [0.3, 0.4) is 0 Å². The van der Waals surface area contributed by atoms with Crippen LogP contribution in [0, 0.1) is 5.92 Å². The molecule has 1 aliphatic carbocycles. The van der Waals surface area contributed by atoms with Gasteiger partial charge >= 0.3 is 5.97 Å². The predicted molar refractivity (Wildman–Crippen MR) is 82.6 cm³/mol. The molecule has 20 heavy (non-hydrogen) atoms. The zero-order chi connectivity index (χ0) is 14.8. The van der Waals surface area contributed by atoms with Crippen molar-refractivity contribution in [3.63, 3.8) is 0 Å². The van der Waals surface area contributed by atoms with Gasteiger partial charge in [0.15, 0.2) is 0 Å². The third kappa shape index (κ3) is 2.58. The summed E-state index contributed by atoms with van der Waals surface area (Å²) in [5.74, 6) is -0.504. The number of ether oxygens (including phenoxy) is 1. The molecule has 0 saturated carbocycles. The molecule has 0 aliphatic heterocycles. The molecule has 1 aliphatic rings. The Morgan fingerprint density at radius 3 is 2.55 bits per heavy atom. The van der Waals surface area contributed by atoms with Gasteiger partial charge in [-0.15, -0.1) is 0 Å². The summed E-state index contributed by atoms with van der Waals surface area (Å²) in [5.41, 5.74) is 1.07. The van der Waals surface area contributed by atoms with E-state index in [1.165, 1.54) is 12.3 Å². The maximum absolute atomic E-state index is 12.1. The molecule has 3 nitrogen and oxygen atoms in total. The van der Waals surface area contributed by atoms with Crippen LogP contribution in [0.25, 0.3) is 0 Å². The number of benzene rings is 1. The zero-order valence-electron chi connectivity index (χ0n) is 12.3. The van der Waals surface area contributed by atoms with Crippen molar-refractivity contribution >= 4 is 19.2 Å². The van der Waals surface area contributed by atoms with Gasteiger partial charge in [0.1, 0.15) is 0 Å². The Kier molecular flexibility index (Phi) is 4.45. The zero-order valence-corrected chi connectivity index (χ0v) is 13.3. The van der Waals surface area contributed by atoms with Crippen molar-refractivity contribution in [1.29, 1.82) is 0 Å². The molecular weight excluding hydrogens is 268 g/mol. The first kappa shape index (κ1) is 15.0. The van der Waals surface area contributed by atoms with Crippen molar-refractivity contribution < 1.29 is 14.6 Å². The van der Waals surface area contributed by atoms with Crippen LogP contribution in [0.4, 0.5) is 0 Å². The highest BCUT2D eigenvalue weighted by molar-refractivity contribution is 6.91. The normalized spacial score (nSPS) is 22.5.